The number of carbonyl (C=O) groups excluding carboxylic acids is 1. The number of hydrogen-bond donors (Lipinski definition) is 1. The van der Waals surface area contributed by atoms with Crippen LogP contribution in [0.25, 0.3) is 0 Å². The number of thioether (sulfide) groups is 1. The predicted molar refractivity (Wildman–Crippen MR) is 72.1 cm³/mol. The zero-order chi connectivity index (χ0) is 12.0. The van der Waals surface area contributed by atoms with Crippen LogP contribution in [-0.4, -0.2) is 17.4 Å². The van der Waals surface area contributed by atoms with Gasteiger partial charge in [-0.1, -0.05) is 12.1 Å². The first kappa shape index (κ1) is 12.8. The highest BCUT2D eigenvalue weighted by molar-refractivity contribution is 8.00. The third-order valence-electron chi connectivity index (χ3n) is 2.26. The third-order valence-corrected chi connectivity index (χ3v) is 3.20. The first-order valence-corrected chi connectivity index (χ1v) is 6.34. The highest BCUT2D eigenvalue weighted by Crippen LogP contribution is 2.14. The molecule has 0 atom stereocenters. The zero-order valence-corrected chi connectivity index (χ0v) is 10.6. The minimum Gasteiger partial charge on any atom is -0.325 e. The highest BCUT2D eigenvalue weighted by Gasteiger charge is 2.02. The number of aryl methyl sites for hydroxylation is 2. The van der Waals surface area contributed by atoms with Gasteiger partial charge in [-0.2, -0.15) is 0 Å². The average Bonchev–Trinajstić information content (AvgIpc) is 2.24. The van der Waals surface area contributed by atoms with Crippen molar-refractivity contribution in [2.75, 3.05) is 16.8 Å². The summed E-state index contributed by atoms with van der Waals surface area (Å²) in [6.45, 7) is 7.71. The number of nitrogens with one attached hydrogen (secondary N) is 1. The van der Waals surface area contributed by atoms with Gasteiger partial charge in [0.25, 0.3) is 0 Å². The molecular weight excluding hydrogens is 218 g/mol. The van der Waals surface area contributed by atoms with Crippen molar-refractivity contribution in [2.24, 2.45) is 0 Å². The van der Waals surface area contributed by atoms with Gasteiger partial charge in [-0.05, 0) is 37.1 Å². The summed E-state index contributed by atoms with van der Waals surface area (Å²) in [5.41, 5.74) is 3.29. The number of hydrogen-bond acceptors (Lipinski definition) is 2. The van der Waals surface area contributed by atoms with Crippen molar-refractivity contribution < 1.29 is 4.79 Å². The maximum absolute atomic E-state index is 11.5. The first-order chi connectivity index (χ1) is 7.63. The zero-order valence-electron chi connectivity index (χ0n) is 9.75. The summed E-state index contributed by atoms with van der Waals surface area (Å²) in [5.74, 6) is 1.31. The number of carbonyl (C=O) groups is 1. The molecule has 0 heterocycles. The first-order valence-electron chi connectivity index (χ1n) is 5.19. The van der Waals surface area contributed by atoms with E-state index in [1.165, 1.54) is 11.1 Å². The molecule has 0 radical (unpaired) electrons. The lowest BCUT2D eigenvalue weighted by Crippen LogP contribution is -2.14. The van der Waals surface area contributed by atoms with Crippen molar-refractivity contribution in [1.82, 2.24) is 0 Å². The van der Waals surface area contributed by atoms with Gasteiger partial charge >= 0.3 is 0 Å². The minimum absolute atomic E-state index is 0.0371. The Balaban J connectivity index is 2.49. The average molecular weight is 235 g/mol. The fourth-order valence-corrected chi connectivity index (χ4v) is 1.79. The van der Waals surface area contributed by atoms with E-state index in [4.69, 9.17) is 0 Å². The molecule has 0 aliphatic heterocycles. The second kappa shape index (κ2) is 6.38. The molecule has 1 aromatic carbocycles. The van der Waals surface area contributed by atoms with E-state index in [0.717, 1.165) is 11.4 Å². The van der Waals surface area contributed by atoms with Crippen LogP contribution < -0.4 is 5.32 Å². The van der Waals surface area contributed by atoms with E-state index >= 15 is 0 Å². The normalized spacial score (nSPS) is 9.88. The molecule has 0 saturated carbocycles. The maximum Gasteiger partial charge on any atom is 0.234 e. The monoisotopic (exact) mass is 235 g/mol. The number of amides is 1. The van der Waals surface area contributed by atoms with Crippen LogP contribution in [0.15, 0.2) is 30.9 Å². The Kier molecular flexibility index (Phi) is 5.12. The number of rotatable bonds is 5. The Morgan fingerprint density at radius 1 is 1.44 bits per heavy atom. The molecule has 0 unspecified atom stereocenters. The molecule has 86 valence electrons. The smallest absolute Gasteiger partial charge is 0.234 e. The number of benzene rings is 1. The van der Waals surface area contributed by atoms with E-state index in [9.17, 15) is 4.79 Å². The molecule has 0 bridgehead atoms. The Morgan fingerprint density at radius 3 is 2.81 bits per heavy atom. The summed E-state index contributed by atoms with van der Waals surface area (Å²) in [6, 6.07) is 5.94. The SMILES string of the molecule is C=CCSCC(=O)Nc1ccc(C)c(C)c1. The molecule has 1 aromatic rings. The molecule has 0 saturated heterocycles. The van der Waals surface area contributed by atoms with E-state index in [-0.39, 0.29) is 5.91 Å². The Bertz CT molecular complexity index is 388. The molecule has 0 aliphatic rings. The van der Waals surface area contributed by atoms with Crippen LogP contribution in [0.2, 0.25) is 0 Å². The second-order valence-corrected chi connectivity index (χ2v) is 4.68. The number of anilines is 1. The topological polar surface area (TPSA) is 29.1 Å². The summed E-state index contributed by atoms with van der Waals surface area (Å²) >= 11 is 1.56. The fourth-order valence-electron chi connectivity index (χ4n) is 1.25. The second-order valence-electron chi connectivity index (χ2n) is 3.65. The third kappa shape index (κ3) is 4.11. The van der Waals surface area contributed by atoms with Gasteiger partial charge in [0.15, 0.2) is 0 Å². The minimum atomic E-state index is 0.0371. The van der Waals surface area contributed by atoms with Gasteiger partial charge in [-0.25, -0.2) is 0 Å². The van der Waals surface area contributed by atoms with Crippen LogP contribution in [-0.2, 0) is 4.79 Å². The molecule has 0 spiro atoms. The standard InChI is InChI=1S/C13H17NOS/c1-4-7-16-9-13(15)14-12-6-5-10(2)11(3)8-12/h4-6,8H,1,7,9H2,2-3H3,(H,14,15). The Morgan fingerprint density at radius 2 is 2.19 bits per heavy atom. The van der Waals surface area contributed by atoms with Crippen LogP contribution >= 0.6 is 11.8 Å². The van der Waals surface area contributed by atoms with Gasteiger partial charge in [0, 0.05) is 11.4 Å². The molecule has 1 amide bonds. The molecule has 0 fully saturated rings. The molecule has 0 aromatic heterocycles. The summed E-state index contributed by atoms with van der Waals surface area (Å²) in [4.78, 5) is 11.5. The molecule has 1 rings (SSSR count). The van der Waals surface area contributed by atoms with Crippen LogP contribution in [0, 0.1) is 13.8 Å². The molecular formula is C13H17NOS. The van der Waals surface area contributed by atoms with Gasteiger partial charge in [-0.15, -0.1) is 18.3 Å². The molecule has 0 aliphatic carbocycles. The summed E-state index contributed by atoms with van der Waals surface area (Å²) in [5, 5.41) is 2.87. The van der Waals surface area contributed by atoms with Gasteiger partial charge < -0.3 is 5.32 Å². The summed E-state index contributed by atoms with van der Waals surface area (Å²) < 4.78 is 0. The van der Waals surface area contributed by atoms with Crippen molar-refractivity contribution in [1.29, 1.82) is 0 Å². The summed E-state index contributed by atoms with van der Waals surface area (Å²) in [6.07, 6.45) is 1.80. The van der Waals surface area contributed by atoms with Crippen molar-refractivity contribution in [3.05, 3.63) is 42.0 Å². The Hall–Kier alpha value is -1.22. The van der Waals surface area contributed by atoms with Crippen LogP contribution in [0.5, 0.6) is 0 Å². The predicted octanol–water partition coefficient (Wildman–Crippen LogP) is 3.16. The van der Waals surface area contributed by atoms with Gasteiger partial charge in [-0.3, -0.25) is 4.79 Å². The van der Waals surface area contributed by atoms with E-state index in [1.807, 2.05) is 25.1 Å². The quantitative estimate of drug-likeness (QED) is 0.627. The fraction of sp³-hybridized carbons (Fsp3) is 0.308. The van der Waals surface area contributed by atoms with Gasteiger partial charge in [0.05, 0.1) is 5.75 Å². The van der Waals surface area contributed by atoms with Gasteiger partial charge in [0.1, 0.15) is 0 Å². The van der Waals surface area contributed by atoms with Crippen molar-refractivity contribution >= 4 is 23.4 Å². The van der Waals surface area contributed by atoms with E-state index < -0.39 is 0 Å². The van der Waals surface area contributed by atoms with E-state index in [1.54, 1.807) is 17.8 Å². The van der Waals surface area contributed by atoms with Crippen molar-refractivity contribution in [3.63, 3.8) is 0 Å². The van der Waals surface area contributed by atoms with Crippen molar-refractivity contribution in [3.8, 4) is 0 Å². The lowest BCUT2D eigenvalue weighted by atomic mass is 10.1. The van der Waals surface area contributed by atoms with Crippen LogP contribution in [0.1, 0.15) is 11.1 Å². The summed E-state index contributed by atoms with van der Waals surface area (Å²) in [7, 11) is 0. The van der Waals surface area contributed by atoms with Crippen LogP contribution in [0.4, 0.5) is 5.69 Å². The van der Waals surface area contributed by atoms with E-state index in [2.05, 4.69) is 18.8 Å². The van der Waals surface area contributed by atoms with Crippen molar-refractivity contribution in [2.45, 2.75) is 13.8 Å². The lowest BCUT2D eigenvalue weighted by Gasteiger charge is -2.07. The van der Waals surface area contributed by atoms with E-state index in [0.29, 0.717) is 5.75 Å². The molecule has 16 heavy (non-hydrogen) atoms. The van der Waals surface area contributed by atoms with Gasteiger partial charge in [0.2, 0.25) is 5.91 Å². The lowest BCUT2D eigenvalue weighted by molar-refractivity contribution is -0.113. The largest absolute Gasteiger partial charge is 0.325 e. The molecule has 2 nitrogen and oxygen atoms in total. The van der Waals surface area contributed by atoms with Crippen LogP contribution in [0.3, 0.4) is 0 Å². The molecule has 3 heteroatoms. The highest BCUT2D eigenvalue weighted by atomic mass is 32.2. The maximum atomic E-state index is 11.5. The molecule has 1 N–H and O–H groups in total. The Labute approximate surface area is 101 Å².